The largest absolute Gasteiger partial charge is 2.00 e. The molecule has 0 bridgehead atoms. The van der Waals surface area contributed by atoms with Crippen LogP contribution in [0.25, 0.3) is 49.9 Å². The summed E-state index contributed by atoms with van der Waals surface area (Å²) in [5.41, 5.74) is 23.2. The number of aliphatic imine (C=N–C) groups is 1. The number of anilines is 1. The predicted molar refractivity (Wildman–Crippen MR) is 256 cm³/mol. The second-order valence-electron chi connectivity index (χ2n) is 19.2. The van der Waals surface area contributed by atoms with Crippen LogP contribution in [0.2, 0.25) is 0 Å². The molecule has 6 aromatic carbocycles. The van der Waals surface area contributed by atoms with Gasteiger partial charge in [0.05, 0.1) is 17.4 Å². The standard InChI is InChI=1S/C57H54N4.Pt/c1-32-25-38(7)53(39(8)26-32)61-54-45-27-33(2)23-36(5)51(45)52-37(6)24-34(3)28-46(52)57(54,12)59-55(61)41-18-17-35(4)49(30-41)60-48-16-14-13-15-43(48)44-20-19-40(29-50(44)60)47-31-42(21-22-58-47)56(9,10)11;/h13-28,31,54H,1-12H3;/q-2;+2/t54-,57+;/m0./s1. The van der Waals surface area contributed by atoms with Gasteiger partial charge in [0.15, 0.2) is 0 Å². The van der Waals surface area contributed by atoms with Crippen LogP contribution in [0.4, 0.5) is 5.69 Å². The van der Waals surface area contributed by atoms with E-state index in [1.807, 2.05) is 6.20 Å². The van der Waals surface area contributed by atoms with Crippen molar-refractivity contribution < 1.29 is 21.1 Å². The van der Waals surface area contributed by atoms with Crippen molar-refractivity contribution in [1.82, 2.24) is 9.55 Å². The Hall–Kier alpha value is -5.57. The maximum atomic E-state index is 6.00. The van der Waals surface area contributed by atoms with Gasteiger partial charge in [0.25, 0.3) is 0 Å². The normalized spacial score (nSPS) is 16.9. The Morgan fingerprint density at radius 2 is 1.27 bits per heavy atom. The van der Waals surface area contributed by atoms with E-state index in [1.165, 1.54) is 77.8 Å². The van der Waals surface area contributed by atoms with Crippen molar-refractivity contribution in [3.63, 3.8) is 0 Å². The first-order valence-electron chi connectivity index (χ1n) is 21.7. The van der Waals surface area contributed by atoms with E-state index in [0.717, 1.165) is 50.3 Å². The number of aryl methyl sites for hydroxylation is 8. The second kappa shape index (κ2) is 14.8. The van der Waals surface area contributed by atoms with Gasteiger partial charge in [-0.3, -0.25) is 0 Å². The number of para-hydroxylation sites is 1. The number of nitrogens with zero attached hydrogens (tertiary/aromatic N) is 4. The number of benzene rings is 6. The molecule has 2 aliphatic rings. The van der Waals surface area contributed by atoms with Crippen LogP contribution in [-0.4, -0.2) is 15.4 Å². The summed E-state index contributed by atoms with van der Waals surface area (Å²) in [7, 11) is 0. The average molecular weight is 990 g/mol. The summed E-state index contributed by atoms with van der Waals surface area (Å²) in [4.78, 5) is 13.4. The fourth-order valence-corrected chi connectivity index (χ4v) is 10.8. The summed E-state index contributed by atoms with van der Waals surface area (Å²) >= 11 is 0. The fraction of sp³-hybridized carbons (Fsp3) is 0.263. The third-order valence-electron chi connectivity index (χ3n) is 13.4. The van der Waals surface area contributed by atoms with Crippen LogP contribution in [0, 0.1) is 67.5 Å². The third-order valence-corrected chi connectivity index (χ3v) is 13.4. The summed E-state index contributed by atoms with van der Waals surface area (Å²) < 4.78 is 2.36. The number of rotatable bonds is 4. The van der Waals surface area contributed by atoms with E-state index in [4.69, 9.17) is 9.98 Å². The Balaban J connectivity index is 0.00000490. The number of hydrogen-bond donors (Lipinski definition) is 0. The third kappa shape index (κ3) is 6.35. The molecule has 4 nitrogen and oxygen atoms in total. The molecule has 1 aliphatic heterocycles. The molecule has 8 aromatic rings. The molecule has 0 unspecified atom stereocenters. The number of fused-ring (bicyclic) bond motifs is 9. The molecule has 0 spiro atoms. The Labute approximate surface area is 382 Å². The van der Waals surface area contributed by atoms with Gasteiger partial charge in [0, 0.05) is 17.4 Å². The first-order valence-corrected chi connectivity index (χ1v) is 21.7. The fourth-order valence-electron chi connectivity index (χ4n) is 10.8. The number of amidine groups is 1. The van der Waals surface area contributed by atoms with Gasteiger partial charge in [0.2, 0.25) is 0 Å². The molecule has 0 N–H and O–H groups in total. The second-order valence-corrected chi connectivity index (χ2v) is 19.2. The molecule has 62 heavy (non-hydrogen) atoms. The van der Waals surface area contributed by atoms with Gasteiger partial charge in [-0.2, -0.15) is 0 Å². The zero-order chi connectivity index (χ0) is 42.9. The number of pyridine rings is 1. The predicted octanol–water partition coefficient (Wildman–Crippen LogP) is 14.1. The molecule has 312 valence electrons. The van der Waals surface area contributed by atoms with Crippen molar-refractivity contribution in [3.8, 4) is 28.1 Å². The van der Waals surface area contributed by atoms with Crippen LogP contribution in [0.5, 0.6) is 0 Å². The van der Waals surface area contributed by atoms with Crippen molar-refractivity contribution >= 4 is 33.3 Å². The summed E-state index contributed by atoms with van der Waals surface area (Å²) in [6.07, 6.45) is 1.93. The SMILES string of the molecule is Cc1cc(C)c(N2C(c3[c-]c(-n4c5[c-]c(-c6cc(C(C)(C)C)ccn6)ccc5c5ccccc54)c(C)cc3)=N[C@]3(C)c4cc(C)cc(C)c4-c4c(C)cc(C)cc4[C@H]23)c(C)c1.[Pt+2]. The van der Waals surface area contributed by atoms with Crippen LogP contribution in [-0.2, 0) is 32.0 Å². The molecule has 2 atom stereocenters. The van der Waals surface area contributed by atoms with Crippen molar-refractivity contribution in [3.05, 3.63) is 182 Å². The molecule has 0 amide bonds. The zero-order valence-corrected chi connectivity index (χ0v) is 40.3. The smallest absolute Gasteiger partial charge is 0.356 e. The van der Waals surface area contributed by atoms with Crippen LogP contribution in [0.15, 0.2) is 108 Å². The van der Waals surface area contributed by atoms with Gasteiger partial charge in [-0.25, -0.2) is 0 Å². The van der Waals surface area contributed by atoms with Crippen molar-refractivity contribution in [2.75, 3.05) is 4.90 Å². The Morgan fingerprint density at radius 3 is 2.00 bits per heavy atom. The minimum absolute atomic E-state index is 0. The van der Waals surface area contributed by atoms with Gasteiger partial charge in [-0.1, -0.05) is 110 Å². The molecular formula is C57H54N4Pt. The van der Waals surface area contributed by atoms with Gasteiger partial charge in [0.1, 0.15) is 0 Å². The monoisotopic (exact) mass is 989 g/mol. The summed E-state index contributed by atoms with van der Waals surface area (Å²) in [5, 5.41) is 2.34. The van der Waals surface area contributed by atoms with E-state index < -0.39 is 5.54 Å². The minimum Gasteiger partial charge on any atom is -0.356 e. The van der Waals surface area contributed by atoms with Crippen LogP contribution < -0.4 is 4.90 Å². The van der Waals surface area contributed by atoms with Gasteiger partial charge >= 0.3 is 21.1 Å². The van der Waals surface area contributed by atoms with Crippen LogP contribution >= 0.6 is 0 Å². The van der Waals surface area contributed by atoms with Crippen molar-refractivity contribution in [2.45, 2.75) is 100 Å². The van der Waals surface area contributed by atoms with E-state index in [2.05, 4.69) is 202 Å². The Bertz CT molecular complexity index is 3170. The van der Waals surface area contributed by atoms with E-state index in [1.54, 1.807) is 0 Å². The average Bonchev–Trinajstić information content (AvgIpc) is 3.70. The molecule has 0 fully saturated rings. The molecule has 3 heterocycles. The molecule has 0 saturated heterocycles. The first-order chi connectivity index (χ1) is 29.0. The summed E-state index contributed by atoms with van der Waals surface area (Å²) in [5.74, 6) is 0.939. The van der Waals surface area contributed by atoms with Crippen LogP contribution in [0.1, 0.15) is 100 Å². The molecule has 5 heteroatoms. The Kier molecular flexibility index (Phi) is 9.95. The first kappa shape index (κ1) is 41.8. The maximum Gasteiger partial charge on any atom is 2.00 e. The number of aromatic nitrogens is 2. The number of hydrogen-bond acceptors (Lipinski definition) is 3. The van der Waals surface area contributed by atoms with Gasteiger partial charge in [-0.05, 0) is 145 Å². The van der Waals surface area contributed by atoms with E-state index in [9.17, 15) is 0 Å². The van der Waals surface area contributed by atoms with Crippen molar-refractivity contribution in [2.24, 2.45) is 4.99 Å². The molecule has 2 aromatic heterocycles. The van der Waals surface area contributed by atoms with E-state index >= 15 is 0 Å². The summed E-state index contributed by atoms with van der Waals surface area (Å²) in [6, 6.07) is 44.0. The quantitative estimate of drug-likeness (QED) is 0.165. The van der Waals surface area contributed by atoms with E-state index in [-0.39, 0.29) is 32.5 Å². The summed E-state index contributed by atoms with van der Waals surface area (Å²) in [6.45, 7) is 27.0. The van der Waals surface area contributed by atoms with Crippen LogP contribution in [0.3, 0.4) is 0 Å². The minimum atomic E-state index is -0.582. The topological polar surface area (TPSA) is 33.4 Å². The van der Waals surface area contributed by atoms with Gasteiger partial charge < -0.3 is 19.4 Å². The molecule has 10 rings (SSSR count). The Morgan fingerprint density at radius 1 is 0.629 bits per heavy atom. The zero-order valence-electron chi connectivity index (χ0n) is 38.0. The maximum absolute atomic E-state index is 6.00. The molecule has 0 radical (unpaired) electrons. The molecule has 0 saturated carbocycles. The van der Waals surface area contributed by atoms with Crippen molar-refractivity contribution in [1.29, 1.82) is 0 Å². The molecular weight excluding hydrogens is 936 g/mol. The molecule has 1 aliphatic carbocycles. The van der Waals surface area contributed by atoms with Gasteiger partial charge in [-0.15, -0.1) is 53.1 Å². The van der Waals surface area contributed by atoms with E-state index in [0.29, 0.717) is 0 Å².